The molecule has 4 rings (SSSR count). The minimum atomic E-state index is -0.971. The Balaban J connectivity index is 1.39. The van der Waals surface area contributed by atoms with E-state index in [2.05, 4.69) is 15.4 Å². The average Bonchev–Trinajstić information content (AvgIpc) is 3.49. The van der Waals surface area contributed by atoms with Crippen molar-refractivity contribution in [2.24, 2.45) is 5.41 Å². The van der Waals surface area contributed by atoms with Crippen molar-refractivity contribution in [3.05, 3.63) is 59.7 Å². The Morgan fingerprint density at radius 3 is 2.37 bits per heavy atom. The summed E-state index contributed by atoms with van der Waals surface area (Å²) < 4.78 is 5.37. The first-order valence-electron chi connectivity index (χ1n) is 11.3. The number of carbonyl (C=O) groups excluding carboxylic acids is 2. The molecular weight excluding hydrogens is 450 g/mol. The van der Waals surface area contributed by atoms with Gasteiger partial charge in [-0.3, -0.25) is 9.59 Å². The highest BCUT2D eigenvalue weighted by Crippen LogP contribution is 2.23. The fraction of sp³-hybridized carbons (Fsp3) is 0.360. The maximum atomic E-state index is 12.7. The lowest BCUT2D eigenvalue weighted by Crippen LogP contribution is -2.40. The summed E-state index contributed by atoms with van der Waals surface area (Å²) in [6.45, 7) is 6.17. The molecule has 35 heavy (non-hydrogen) atoms. The second-order valence-corrected chi connectivity index (χ2v) is 9.50. The van der Waals surface area contributed by atoms with Crippen LogP contribution in [0.5, 0.6) is 5.75 Å². The number of hydrogen-bond donors (Lipinski definition) is 1. The number of carbonyl (C=O) groups is 3. The van der Waals surface area contributed by atoms with Crippen LogP contribution in [0.3, 0.4) is 0 Å². The first-order valence-corrected chi connectivity index (χ1v) is 11.3. The molecule has 0 unspecified atom stereocenters. The minimum absolute atomic E-state index is 0.278. The molecule has 182 valence electrons. The largest absolute Gasteiger partial charge is 0.480 e. The molecule has 1 fully saturated rings. The van der Waals surface area contributed by atoms with E-state index in [0.29, 0.717) is 43.1 Å². The molecule has 10 heteroatoms. The van der Waals surface area contributed by atoms with Crippen LogP contribution in [-0.4, -0.2) is 60.6 Å². The summed E-state index contributed by atoms with van der Waals surface area (Å²) in [6, 6.07) is 13.1. The van der Waals surface area contributed by atoms with E-state index in [1.54, 1.807) is 69.3 Å². The van der Waals surface area contributed by atoms with Gasteiger partial charge in [0.15, 0.2) is 0 Å². The van der Waals surface area contributed by atoms with Crippen LogP contribution >= 0.6 is 0 Å². The lowest BCUT2D eigenvalue weighted by Gasteiger charge is -2.21. The molecule has 2 aromatic carbocycles. The molecule has 1 amide bonds. The van der Waals surface area contributed by atoms with E-state index >= 15 is 0 Å². The summed E-state index contributed by atoms with van der Waals surface area (Å²) in [5, 5.41) is 21.9. The molecule has 1 saturated heterocycles. The quantitative estimate of drug-likeness (QED) is 0.424. The second kappa shape index (κ2) is 9.65. The van der Waals surface area contributed by atoms with E-state index in [1.165, 1.54) is 9.70 Å². The van der Waals surface area contributed by atoms with Crippen LogP contribution in [0.15, 0.2) is 48.5 Å². The number of aliphatic carboxylic acids is 1. The molecule has 0 radical (unpaired) electrons. The Morgan fingerprint density at radius 2 is 1.74 bits per heavy atom. The SMILES string of the molecule is CC(C)(C)C(=O)Oc1ccc(-c2nnn(Cc3ccc(C(=O)N4CCC[C@H]4C(=O)O)cc3)n2)cc1. The van der Waals surface area contributed by atoms with Crippen LogP contribution in [0.25, 0.3) is 11.4 Å². The van der Waals surface area contributed by atoms with Crippen molar-refractivity contribution in [3.8, 4) is 17.1 Å². The number of aromatic nitrogens is 4. The maximum Gasteiger partial charge on any atom is 0.326 e. The van der Waals surface area contributed by atoms with Gasteiger partial charge in [-0.2, -0.15) is 4.80 Å². The molecule has 1 aromatic heterocycles. The number of tetrazole rings is 1. The van der Waals surface area contributed by atoms with Crippen molar-refractivity contribution in [1.82, 2.24) is 25.1 Å². The molecule has 0 spiro atoms. The number of esters is 1. The van der Waals surface area contributed by atoms with E-state index in [0.717, 1.165) is 11.1 Å². The van der Waals surface area contributed by atoms with Gasteiger partial charge in [0.1, 0.15) is 11.8 Å². The molecule has 0 aliphatic carbocycles. The van der Waals surface area contributed by atoms with Gasteiger partial charge in [0.25, 0.3) is 5.91 Å². The average molecular weight is 478 g/mol. The summed E-state index contributed by atoms with van der Waals surface area (Å²) in [5.41, 5.74) is 1.45. The standard InChI is InChI=1S/C25H27N5O5/c1-25(2,3)24(34)35-19-12-10-17(11-13-19)21-26-28-30(27-21)15-16-6-8-18(9-7-16)22(31)29-14-4-5-20(29)23(32)33/h6-13,20H,4-5,14-15H2,1-3H3,(H,32,33)/t20-/m0/s1. The zero-order chi connectivity index (χ0) is 25.2. The summed E-state index contributed by atoms with van der Waals surface area (Å²) in [7, 11) is 0. The van der Waals surface area contributed by atoms with Crippen molar-refractivity contribution >= 4 is 17.8 Å². The number of hydrogen-bond acceptors (Lipinski definition) is 7. The predicted molar refractivity (Wildman–Crippen MR) is 126 cm³/mol. The predicted octanol–water partition coefficient (Wildman–Crippen LogP) is 3.03. The van der Waals surface area contributed by atoms with E-state index in [1.807, 2.05) is 0 Å². The topological polar surface area (TPSA) is 128 Å². The van der Waals surface area contributed by atoms with Crippen LogP contribution in [0, 0.1) is 5.41 Å². The number of rotatable bonds is 6. The van der Waals surface area contributed by atoms with Gasteiger partial charge < -0.3 is 14.7 Å². The fourth-order valence-corrected chi connectivity index (χ4v) is 3.71. The molecule has 0 saturated carbocycles. The number of ether oxygens (including phenoxy) is 1. The van der Waals surface area contributed by atoms with E-state index in [4.69, 9.17) is 4.74 Å². The molecule has 1 N–H and O–H groups in total. The molecule has 0 bridgehead atoms. The van der Waals surface area contributed by atoms with Gasteiger partial charge in [-0.05, 0) is 80.8 Å². The normalized spacial score (nSPS) is 15.7. The van der Waals surface area contributed by atoms with Crippen molar-refractivity contribution in [1.29, 1.82) is 0 Å². The van der Waals surface area contributed by atoms with Gasteiger partial charge >= 0.3 is 11.9 Å². The van der Waals surface area contributed by atoms with Crippen molar-refractivity contribution in [2.75, 3.05) is 6.54 Å². The van der Waals surface area contributed by atoms with E-state index in [9.17, 15) is 19.5 Å². The zero-order valence-corrected chi connectivity index (χ0v) is 19.8. The fourth-order valence-electron chi connectivity index (χ4n) is 3.71. The Bertz CT molecular complexity index is 1230. The highest BCUT2D eigenvalue weighted by molar-refractivity contribution is 5.97. The van der Waals surface area contributed by atoms with E-state index < -0.39 is 17.4 Å². The second-order valence-electron chi connectivity index (χ2n) is 9.50. The molecule has 1 atom stereocenters. The third kappa shape index (κ3) is 5.53. The Labute approximate surface area is 202 Å². The highest BCUT2D eigenvalue weighted by atomic mass is 16.5. The minimum Gasteiger partial charge on any atom is -0.480 e. The smallest absolute Gasteiger partial charge is 0.326 e. The van der Waals surface area contributed by atoms with Crippen LogP contribution in [0.1, 0.15) is 49.5 Å². The van der Waals surface area contributed by atoms with Crippen molar-refractivity contribution in [3.63, 3.8) is 0 Å². The number of benzene rings is 2. The van der Waals surface area contributed by atoms with Crippen molar-refractivity contribution < 1.29 is 24.2 Å². The third-order valence-electron chi connectivity index (χ3n) is 5.71. The van der Waals surface area contributed by atoms with E-state index in [-0.39, 0.29) is 11.9 Å². The van der Waals surface area contributed by atoms with Crippen LogP contribution < -0.4 is 4.74 Å². The molecule has 1 aliphatic rings. The van der Waals surface area contributed by atoms with Gasteiger partial charge in [-0.1, -0.05) is 12.1 Å². The Kier molecular flexibility index (Phi) is 6.63. The maximum absolute atomic E-state index is 12.7. The van der Waals surface area contributed by atoms with Gasteiger partial charge in [0, 0.05) is 17.7 Å². The van der Waals surface area contributed by atoms with Gasteiger partial charge in [-0.15, -0.1) is 10.2 Å². The first kappa shape index (κ1) is 24.1. The Hall–Kier alpha value is -4.08. The molecule has 1 aliphatic heterocycles. The number of likely N-dealkylation sites (tertiary alicyclic amines) is 1. The van der Waals surface area contributed by atoms with Crippen LogP contribution in [0.2, 0.25) is 0 Å². The van der Waals surface area contributed by atoms with Crippen molar-refractivity contribution in [2.45, 2.75) is 46.2 Å². The Morgan fingerprint density at radius 1 is 1.06 bits per heavy atom. The molecule has 2 heterocycles. The highest BCUT2D eigenvalue weighted by Gasteiger charge is 2.34. The summed E-state index contributed by atoms with van der Waals surface area (Å²) in [5.74, 6) is -0.692. The van der Waals surface area contributed by atoms with Crippen LogP contribution in [0.4, 0.5) is 0 Å². The zero-order valence-electron chi connectivity index (χ0n) is 19.8. The lowest BCUT2D eigenvalue weighted by atomic mass is 9.97. The monoisotopic (exact) mass is 477 g/mol. The van der Waals surface area contributed by atoms with Gasteiger partial charge in [-0.25, -0.2) is 4.79 Å². The summed E-state index contributed by atoms with van der Waals surface area (Å²) >= 11 is 0. The third-order valence-corrected chi connectivity index (χ3v) is 5.71. The number of amides is 1. The number of carboxylic acids is 1. The van der Waals surface area contributed by atoms with Gasteiger partial charge in [0.05, 0.1) is 12.0 Å². The summed E-state index contributed by atoms with van der Waals surface area (Å²) in [6.07, 6.45) is 1.16. The first-order chi connectivity index (χ1) is 16.6. The lowest BCUT2D eigenvalue weighted by molar-refractivity contribution is -0.143. The molecule has 3 aromatic rings. The molecular formula is C25H27N5O5. The number of nitrogens with zero attached hydrogens (tertiary/aromatic N) is 5. The molecule has 10 nitrogen and oxygen atoms in total. The van der Waals surface area contributed by atoms with Gasteiger partial charge in [0.2, 0.25) is 5.82 Å². The summed E-state index contributed by atoms with van der Waals surface area (Å²) in [4.78, 5) is 39.0. The number of carboxylic acid groups (broad SMARTS) is 1. The van der Waals surface area contributed by atoms with Crippen LogP contribution in [-0.2, 0) is 16.1 Å².